The number of nitriles is 2. The van der Waals surface area contributed by atoms with E-state index in [1.165, 1.54) is 0 Å². The van der Waals surface area contributed by atoms with Crippen molar-refractivity contribution >= 4 is 0 Å². The summed E-state index contributed by atoms with van der Waals surface area (Å²) in [6, 6.07) is 3.81. The molecule has 0 aromatic heterocycles. The maximum Gasteiger partial charge on any atom is 0.133 e. The first-order valence-corrected chi connectivity index (χ1v) is 4.59. The summed E-state index contributed by atoms with van der Waals surface area (Å²) >= 11 is 0. The summed E-state index contributed by atoms with van der Waals surface area (Å²) in [6.45, 7) is 3.94. The van der Waals surface area contributed by atoms with E-state index in [1.807, 2.05) is 25.1 Å². The molecule has 0 amide bonds. The fourth-order valence-electron chi connectivity index (χ4n) is 1.43. The minimum absolute atomic E-state index is 0.204. The molecule has 1 aliphatic rings. The molecule has 1 atom stereocenters. The van der Waals surface area contributed by atoms with Crippen LogP contribution in [-0.2, 0) is 0 Å². The molecule has 0 aromatic rings. The average molecular weight is 184 g/mol. The average Bonchev–Trinajstić information content (AvgIpc) is 2.19. The van der Waals surface area contributed by atoms with E-state index in [9.17, 15) is 0 Å². The molecule has 0 spiro atoms. The summed E-state index contributed by atoms with van der Waals surface area (Å²) < 4.78 is 0. The Bertz CT molecular complexity index is 381. The van der Waals surface area contributed by atoms with Crippen molar-refractivity contribution in [2.75, 3.05) is 0 Å². The third kappa shape index (κ3) is 2.12. The summed E-state index contributed by atoms with van der Waals surface area (Å²) in [6.07, 6.45) is 7.19. The zero-order valence-electron chi connectivity index (χ0n) is 8.41. The van der Waals surface area contributed by atoms with E-state index in [2.05, 4.69) is 19.1 Å². The van der Waals surface area contributed by atoms with E-state index in [-0.39, 0.29) is 5.57 Å². The fourth-order valence-corrected chi connectivity index (χ4v) is 1.43. The van der Waals surface area contributed by atoms with Gasteiger partial charge in [0.1, 0.15) is 17.7 Å². The molecule has 0 radical (unpaired) electrons. The Labute approximate surface area is 84.5 Å². The summed E-state index contributed by atoms with van der Waals surface area (Å²) in [5.41, 5.74) is 1.98. The van der Waals surface area contributed by atoms with E-state index in [0.717, 1.165) is 17.6 Å². The first kappa shape index (κ1) is 10.3. The van der Waals surface area contributed by atoms with Crippen LogP contribution in [0, 0.1) is 28.6 Å². The van der Waals surface area contributed by atoms with Gasteiger partial charge in [-0.1, -0.05) is 25.2 Å². The molecule has 1 rings (SSSR count). The maximum atomic E-state index is 8.71. The van der Waals surface area contributed by atoms with Crippen molar-refractivity contribution in [1.29, 1.82) is 10.5 Å². The van der Waals surface area contributed by atoms with Gasteiger partial charge in [0, 0.05) is 0 Å². The van der Waals surface area contributed by atoms with Gasteiger partial charge in [0.05, 0.1) is 0 Å². The summed E-state index contributed by atoms with van der Waals surface area (Å²) in [5, 5.41) is 17.4. The zero-order chi connectivity index (χ0) is 10.6. The van der Waals surface area contributed by atoms with Crippen molar-refractivity contribution in [3.05, 3.63) is 34.9 Å². The van der Waals surface area contributed by atoms with Crippen LogP contribution in [0.1, 0.15) is 20.3 Å². The molecule has 2 nitrogen and oxygen atoms in total. The van der Waals surface area contributed by atoms with Crippen LogP contribution in [0.15, 0.2) is 34.9 Å². The number of nitrogens with zero attached hydrogens (tertiary/aromatic N) is 2. The Morgan fingerprint density at radius 2 is 2.07 bits per heavy atom. The van der Waals surface area contributed by atoms with Crippen LogP contribution < -0.4 is 0 Å². The molecule has 0 saturated carbocycles. The standard InChI is InChI=1S/C12H12N2/c1-9-4-3-5-11(6-9)10(2)12(7-13)8-14/h3,5-6,9H,4H2,1-2H3. The van der Waals surface area contributed by atoms with Crippen LogP contribution in [0.2, 0.25) is 0 Å². The molecule has 14 heavy (non-hydrogen) atoms. The number of allylic oxidation sites excluding steroid dienone is 6. The van der Waals surface area contributed by atoms with Crippen molar-refractivity contribution in [1.82, 2.24) is 0 Å². The van der Waals surface area contributed by atoms with Crippen molar-refractivity contribution in [2.24, 2.45) is 5.92 Å². The van der Waals surface area contributed by atoms with Crippen molar-refractivity contribution in [3.8, 4) is 12.1 Å². The Kier molecular flexibility index (Phi) is 3.26. The van der Waals surface area contributed by atoms with Gasteiger partial charge < -0.3 is 0 Å². The monoisotopic (exact) mass is 184 g/mol. The lowest BCUT2D eigenvalue weighted by Crippen LogP contribution is -1.97. The van der Waals surface area contributed by atoms with Crippen molar-refractivity contribution in [3.63, 3.8) is 0 Å². The highest BCUT2D eigenvalue weighted by molar-refractivity contribution is 5.52. The smallest absolute Gasteiger partial charge is 0.133 e. The first-order valence-electron chi connectivity index (χ1n) is 4.59. The van der Waals surface area contributed by atoms with Crippen molar-refractivity contribution < 1.29 is 0 Å². The minimum Gasteiger partial charge on any atom is -0.192 e. The largest absolute Gasteiger partial charge is 0.192 e. The highest BCUT2D eigenvalue weighted by atomic mass is 14.3. The molecular formula is C12H12N2. The van der Waals surface area contributed by atoms with Gasteiger partial charge in [-0.2, -0.15) is 10.5 Å². The normalized spacial score (nSPS) is 19.1. The Balaban J connectivity index is 3.08. The molecule has 0 fully saturated rings. The Hall–Kier alpha value is -1.80. The van der Waals surface area contributed by atoms with Gasteiger partial charge in [-0.25, -0.2) is 0 Å². The molecule has 0 saturated heterocycles. The fraction of sp³-hybridized carbons (Fsp3) is 0.333. The molecule has 70 valence electrons. The predicted molar refractivity (Wildman–Crippen MR) is 54.9 cm³/mol. The molecule has 0 bridgehead atoms. The van der Waals surface area contributed by atoms with Crippen LogP contribution in [0.4, 0.5) is 0 Å². The summed E-state index contributed by atoms with van der Waals surface area (Å²) in [5.74, 6) is 0.489. The molecule has 0 aromatic carbocycles. The minimum atomic E-state index is 0.204. The third-order valence-corrected chi connectivity index (χ3v) is 2.30. The maximum absolute atomic E-state index is 8.71. The SMILES string of the molecule is CC(C1=CC(C)CC=C1)=C(C#N)C#N. The molecule has 1 aliphatic carbocycles. The van der Waals surface area contributed by atoms with Crippen molar-refractivity contribution in [2.45, 2.75) is 20.3 Å². The lowest BCUT2D eigenvalue weighted by Gasteiger charge is -2.12. The second-order valence-corrected chi connectivity index (χ2v) is 3.46. The zero-order valence-corrected chi connectivity index (χ0v) is 8.41. The number of hydrogen-bond acceptors (Lipinski definition) is 2. The second-order valence-electron chi connectivity index (χ2n) is 3.46. The third-order valence-electron chi connectivity index (χ3n) is 2.30. The van der Waals surface area contributed by atoms with Crippen LogP contribution >= 0.6 is 0 Å². The molecule has 0 N–H and O–H groups in total. The molecule has 1 unspecified atom stereocenters. The quantitative estimate of drug-likeness (QED) is 0.588. The van der Waals surface area contributed by atoms with Gasteiger partial charge in [-0.05, 0) is 30.4 Å². The van der Waals surface area contributed by atoms with Crippen LogP contribution in [0.5, 0.6) is 0 Å². The lowest BCUT2D eigenvalue weighted by atomic mass is 9.92. The molecule has 0 aliphatic heterocycles. The van der Waals surface area contributed by atoms with Gasteiger partial charge in [0.2, 0.25) is 0 Å². The van der Waals surface area contributed by atoms with Gasteiger partial charge in [-0.15, -0.1) is 0 Å². The topological polar surface area (TPSA) is 47.6 Å². The summed E-state index contributed by atoms with van der Waals surface area (Å²) in [4.78, 5) is 0. The Morgan fingerprint density at radius 1 is 1.43 bits per heavy atom. The molecule has 2 heteroatoms. The second kappa shape index (κ2) is 4.44. The predicted octanol–water partition coefficient (Wildman–Crippen LogP) is 2.87. The highest BCUT2D eigenvalue weighted by Gasteiger charge is 2.09. The first-order chi connectivity index (χ1) is 6.69. The van der Waals surface area contributed by atoms with E-state index in [0.29, 0.717) is 5.92 Å². The van der Waals surface area contributed by atoms with E-state index >= 15 is 0 Å². The Morgan fingerprint density at radius 3 is 2.57 bits per heavy atom. The van der Waals surface area contributed by atoms with Gasteiger partial charge in [0.15, 0.2) is 0 Å². The van der Waals surface area contributed by atoms with Gasteiger partial charge in [-0.3, -0.25) is 0 Å². The number of rotatable bonds is 1. The van der Waals surface area contributed by atoms with E-state index < -0.39 is 0 Å². The van der Waals surface area contributed by atoms with Crippen LogP contribution in [0.3, 0.4) is 0 Å². The van der Waals surface area contributed by atoms with Gasteiger partial charge in [0.25, 0.3) is 0 Å². The molecule has 0 heterocycles. The number of hydrogen-bond donors (Lipinski definition) is 0. The van der Waals surface area contributed by atoms with Gasteiger partial charge >= 0.3 is 0 Å². The molecular weight excluding hydrogens is 172 g/mol. The van der Waals surface area contributed by atoms with Crippen LogP contribution in [0.25, 0.3) is 0 Å². The summed E-state index contributed by atoms with van der Waals surface area (Å²) in [7, 11) is 0. The van der Waals surface area contributed by atoms with Crippen LogP contribution in [-0.4, -0.2) is 0 Å². The van der Waals surface area contributed by atoms with E-state index in [4.69, 9.17) is 10.5 Å². The lowest BCUT2D eigenvalue weighted by molar-refractivity contribution is 0.730. The highest BCUT2D eigenvalue weighted by Crippen LogP contribution is 2.23. The van der Waals surface area contributed by atoms with E-state index in [1.54, 1.807) is 0 Å².